The van der Waals surface area contributed by atoms with Gasteiger partial charge >= 0.3 is 0 Å². The highest BCUT2D eigenvalue weighted by Gasteiger charge is 2.09. The molecule has 0 bridgehead atoms. The molecule has 0 aromatic heterocycles. The summed E-state index contributed by atoms with van der Waals surface area (Å²) >= 11 is 3.68. The van der Waals surface area contributed by atoms with E-state index in [4.69, 9.17) is 4.74 Å². The molecule has 0 fully saturated rings. The highest BCUT2D eigenvalue weighted by molar-refractivity contribution is 7.96. The number of Topliss-reactive ketones (excluding diaryl/α,β-unsaturated/α-hetero) is 1. The third-order valence-electron chi connectivity index (χ3n) is 3.75. The van der Waals surface area contributed by atoms with Gasteiger partial charge in [-0.15, -0.1) is 12.6 Å². The van der Waals surface area contributed by atoms with E-state index in [0.717, 1.165) is 5.56 Å². The van der Waals surface area contributed by atoms with Crippen LogP contribution in [0.25, 0.3) is 0 Å². The monoisotopic (exact) mass is 328 g/mol. The van der Waals surface area contributed by atoms with Crippen molar-refractivity contribution < 1.29 is 14.3 Å². The van der Waals surface area contributed by atoms with Crippen molar-refractivity contribution in [3.63, 3.8) is 0 Å². The zero-order valence-electron chi connectivity index (χ0n) is 13.3. The lowest BCUT2D eigenvalue weighted by atomic mass is 10.0. The summed E-state index contributed by atoms with van der Waals surface area (Å²) in [6.45, 7) is 4.57. The zero-order chi connectivity index (χ0) is 16.8. The van der Waals surface area contributed by atoms with Crippen LogP contribution in [-0.2, 0) is 11.4 Å². The number of hydrogen-bond donors (Lipinski definition) is 1. The average molecular weight is 328 g/mol. The predicted octanol–water partition coefficient (Wildman–Crippen LogP) is 4.30. The van der Waals surface area contributed by atoms with Gasteiger partial charge in [-0.25, -0.2) is 0 Å². The lowest BCUT2D eigenvalue weighted by Crippen LogP contribution is -2.03. The van der Waals surface area contributed by atoms with Crippen molar-refractivity contribution in [2.45, 2.75) is 33.3 Å². The number of hydrogen-bond acceptors (Lipinski definition) is 3. The Labute approximate surface area is 142 Å². The summed E-state index contributed by atoms with van der Waals surface area (Å²) in [5.74, 6) is 0.570. The van der Waals surface area contributed by atoms with Gasteiger partial charge in [0.1, 0.15) is 12.4 Å². The Hall–Kier alpha value is -2.07. The third-order valence-corrected chi connectivity index (χ3v) is 3.97. The number of thiol groups is 1. The number of carbonyl (C=O) groups is 2. The van der Waals surface area contributed by atoms with Gasteiger partial charge in [0.05, 0.1) is 0 Å². The molecule has 0 unspecified atom stereocenters. The van der Waals surface area contributed by atoms with Crippen molar-refractivity contribution in [1.29, 1.82) is 0 Å². The quantitative estimate of drug-likeness (QED) is 0.609. The lowest BCUT2D eigenvalue weighted by molar-refractivity contribution is -0.110. The van der Waals surface area contributed by atoms with E-state index in [0.29, 0.717) is 17.9 Å². The molecular formula is C19H20O3S. The van der Waals surface area contributed by atoms with Gasteiger partial charge < -0.3 is 4.74 Å². The van der Waals surface area contributed by atoms with E-state index in [-0.39, 0.29) is 23.7 Å². The van der Waals surface area contributed by atoms with Crippen LogP contribution in [0.4, 0.5) is 0 Å². The second kappa shape index (κ2) is 7.97. The first kappa shape index (κ1) is 17.3. The summed E-state index contributed by atoms with van der Waals surface area (Å²) in [7, 11) is 0. The molecule has 2 aromatic carbocycles. The molecule has 0 atom stereocenters. The molecule has 0 heterocycles. The van der Waals surface area contributed by atoms with Gasteiger partial charge in [-0.05, 0) is 42.7 Å². The molecule has 0 saturated carbocycles. The molecular weight excluding hydrogens is 308 g/mol. The summed E-state index contributed by atoms with van der Waals surface area (Å²) < 4.78 is 5.84. The molecule has 0 spiro atoms. The van der Waals surface area contributed by atoms with Gasteiger partial charge in [0.15, 0.2) is 10.9 Å². The fourth-order valence-electron chi connectivity index (χ4n) is 2.36. The maximum absolute atomic E-state index is 12.0. The number of aryl methyl sites for hydroxylation is 2. The number of ketones is 1. The van der Waals surface area contributed by atoms with E-state index < -0.39 is 0 Å². The topological polar surface area (TPSA) is 43.4 Å². The van der Waals surface area contributed by atoms with Crippen molar-refractivity contribution in [2.75, 3.05) is 0 Å². The average Bonchev–Trinajstić information content (AvgIpc) is 2.52. The van der Waals surface area contributed by atoms with E-state index in [9.17, 15) is 9.59 Å². The molecule has 2 rings (SSSR count). The predicted molar refractivity (Wildman–Crippen MR) is 94.2 cm³/mol. The molecule has 0 amide bonds. The van der Waals surface area contributed by atoms with E-state index in [1.165, 1.54) is 11.1 Å². The Bertz CT molecular complexity index is 702. The zero-order valence-corrected chi connectivity index (χ0v) is 14.2. The molecule has 23 heavy (non-hydrogen) atoms. The summed E-state index contributed by atoms with van der Waals surface area (Å²) in [5, 5.41) is -0.277. The van der Waals surface area contributed by atoms with E-state index in [1.54, 1.807) is 18.2 Å². The lowest BCUT2D eigenvalue weighted by Gasteiger charge is -2.12. The molecule has 0 radical (unpaired) electrons. The van der Waals surface area contributed by atoms with E-state index >= 15 is 0 Å². The molecule has 0 aliphatic carbocycles. The minimum Gasteiger partial charge on any atom is -0.489 e. The van der Waals surface area contributed by atoms with Gasteiger partial charge in [-0.2, -0.15) is 0 Å². The van der Waals surface area contributed by atoms with E-state index in [1.807, 2.05) is 12.1 Å². The Balaban J connectivity index is 2.05. The number of benzene rings is 2. The minimum absolute atomic E-state index is 0.0788. The molecule has 3 nitrogen and oxygen atoms in total. The molecule has 0 N–H and O–H groups in total. The minimum atomic E-state index is -0.277. The Morgan fingerprint density at radius 1 is 1.00 bits per heavy atom. The molecule has 0 saturated heterocycles. The van der Waals surface area contributed by atoms with Gasteiger partial charge in [0.2, 0.25) is 0 Å². The maximum atomic E-state index is 12.0. The van der Waals surface area contributed by atoms with Crippen molar-refractivity contribution >= 4 is 23.5 Å². The summed E-state index contributed by atoms with van der Waals surface area (Å²) in [6, 6.07) is 13.2. The SMILES string of the molecule is Cc1cccc(C)c1COc1cccc(C(=O)CCC(=O)S)c1. The van der Waals surface area contributed by atoms with Crippen LogP contribution < -0.4 is 4.74 Å². The third kappa shape index (κ3) is 4.96. The van der Waals surface area contributed by atoms with Crippen LogP contribution in [0.15, 0.2) is 42.5 Å². The maximum Gasteiger partial charge on any atom is 0.186 e. The van der Waals surface area contributed by atoms with Crippen molar-refractivity contribution in [1.82, 2.24) is 0 Å². The summed E-state index contributed by atoms with van der Waals surface area (Å²) in [4.78, 5) is 22.9. The first-order valence-electron chi connectivity index (χ1n) is 7.50. The van der Waals surface area contributed by atoms with Crippen LogP contribution in [-0.4, -0.2) is 10.9 Å². The van der Waals surface area contributed by atoms with Crippen LogP contribution in [0, 0.1) is 13.8 Å². The first-order valence-corrected chi connectivity index (χ1v) is 7.95. The van der Waals surface area contributed by atoms with Gasteiger partial charge in [-0.3, -0.25) is 9.59 Å². The first-order chi connectivity index (χ1) is 11.0. The van der Waals surface area contributed by atoms with Gasteiger partial charge in [0.25, 0.3) is 0 Å². The second-order valence-electron chi connectivity index (χ2n) is 5.50. The Kier molecular flexibility index (Phi) is 5.99. The molecule has 0 aliphatic heterocycles. The van der Waals surface area contributed by atoms with E-state index in [2.05, 4.69) is 38.6 Å². The van der Waals surface area contributed by atoms with Crippen molar-refractivity contribution in [2.24, 2.45) is 0 Å². The standard InChI is InChI=1S/C19H20O3S/c1-13-5-3-6-14(2)17(13)12-22-16-8-4-7-15(11-16)18(20)9-10-19(21)23/h3-8,11H,9-10,12H2,1-2H3,(H,21,23). The molecule has 120 valence electrons. The van der Waals surface area contributed by atoms with Gasteiger partial charge in [-0.1, -0.05) is 30.3 Å². The van der Waals surface area contributed by atoms with Crippen LogP contribution >= 0.6 is 12.6 Å². The number of carbonyl (C=O) groups excluding carboxylic acids is 2. The van der Waals surface area contributed by atoms with Crippen LogP contribution in [0.2, 0.25) is 0 Å². The van der Waals surface area contributed by atoms with Gasteiger partial charge in [0, 0.05) is 18.4 Å². The smallest absolute Gasteiger partial charge is 0.186 e. The highest BCUT2D eigenvalue weighted by atomic mass is 32.1. The molecule has 0 aliphatic rings. The summed E-state index contributed by atoms with van der Waals surface area (Å²) in [6.07, 6.45) is 0.318. The van der Waals surface area contributed by atoms with Crippen LogP contribution in [0.3, 0.4) is 0 Å². The van der Waals surface area contributed by atoms with Crippen molar-refractivity contribution in [3.05, 3.63) is 64.7 Å². The Morgan fingerprint density at radius 3 is 2.30 bits per heavy atom. The van der Waals surface area contributed by atoms with Crippen molar-refractivity contribution in [3.8, 4) is 5.75 Å². The van der Waals surface area contributed by atoms with Crippen LogP contribution in [0.1, 0.15) is 39.9 Å². The highest BCUT2D eigenvalue weighted by Crippen LogP contribution is 2.20. The molecule has 4 heteroatoms. The Morgan fingerprint density at radius 2 is 1.65 bits per heavy atom. The number of ether oxygens (including phenoxy) is 1. The number of rotatable bonds is 7. The van der Waals surface area contributed by atoms with Crippen LogP contribution in [0.5, 0.6) is 5.75 Å². The largest absolute Gasteiger partial charge is 0.489 e. The summed E-state index contributed by atoms with van der Waals surface area (Å²) in [5.41, 5.74) is 4.08. The fourth-order valence-corrected chi connectivity index (χ4v) is 2.47. The fraction of sp³-hybridized carbons (Fsp3) is 0.263. The molecule has 2 aromatic rings. The second-order valence-corrected chi connectivity index (χ2v) is 6.00. The normalized spacial score (nSPS) is 10.4.